The van der Waals surface area contributed by atoms with E-state index in [0.717, 1.165) is 0 Å². The number of nitrogens with one attached hydrogen (secondary N) is 2. The summed E-state index contributed by atoms with van der Waals surface area (Å²) in [4.78, 5) is 22.6. The highest BCUT2D eigenvalue weighted by atomic mass is 16.6. The average molecular weight is 326 g/mol. The van der Waals surface area contributed by atoms with Gasteiger partial charge >= 0.3 is 12.1 Å². The molecule has 1 atom stereocenters. The summed E-state index contributed by atoms with van der Waals surface area (Å²) in [6, 6.07) is 1.36. The van der Waals surface area contributed by atoms with E-state index in [0.29, 0.717) is 18.8 Å². The lowest BCUT2D eigenvalue weighted by molar-refractivity contribution is 0.0489. The third kappa shape index (κ3) is 7.19. The van der Waals surface area contributed by atoms with Gasteiger partial charge in [0, 0.05) is 12.6 Å². The number of carbonyl (C=O) groups is 2. The Morgan fingerprint density at radius 3 is 2.48 bits per heavy atom. The van der Waals surface area contributed by atoms with Crippen molar-refractivity contribution in [2.45, 2.75) is 52.8 Å². The number of hydrogen-bond donors (Lipinski definition) is 3. The number of hydrogen-bond acceptors (Lipinski definition) is 5. The van der Waals surface area contributed by atoms with Crippen LogP contribution in [-0.4, -0.2) is 35.4 Å². The minimum atomic E-state index is -1.02. The molecule has 7 heteroatoms. The molecule has 23 heavy (non-hydrogen) atoms. The van der Waals surface area contributed by atoms with Gasteiger partial charge in [-0.25, -0.2) is 9.59 Å². The van der Waals surface area contributed by atoms with Crippen LogP contribution in [0.2, 0.25) is 0 Å². The van der Waals surface area contributed by atoms with Crippen LogP contribution in [0.3, 0.4) is 0 Å². The Bertz CT molecular complexity index is 531. The Morgan fingerprint density at radius 1 is 1.35 bits per heavy atom. The second-order valence-electron chi connectivity index (χ2n) is 6.73. The van der Waals surface area contributed by atoms with Gasteiger partial charge in [0.25, 0.3) is 0 Å². The third-order valence-corrected chi connectivity index (χ3v) is 3.07. The van der Waals surface area contributed by atoms with Crippen molar-refractivity contribution in [1.82, 2.24) is 10.6 Å². The maximum atomic E-state index is 11.8. The zero-order valence-corrected chi connectivity index (χ0v) is 14.3. The van der Waals surface area contributed by atoms with Gasteiger partial charge in [-0.15, -0.1) is 0 Å². The van der Waals surface area contributed by atoms with Crippen LogP contribution in [0.1, 0.15) is 50.7 Å². The highest BCUT2D eigenvalue weighted by Crippen LogP contribution is 2.10. The van der Waals surface area contributed by atoms with Gasteiger partial charge in [0.1, 0.15) is 17.6 Å². The SMILES string of the molecule is CC(C)C(CNCc1cc(C(=O)O)co1)NC(=O)OC(C)(C)C. The number of alkyl carbamates (subject to hydrolysis) is 1. The van der Waals surface area contributed by atoms with Crippen molar-refractivity contribution in [3.63, 3.8) is 0 Å². The summed E-state index contributed by atoms with van der Waals surface area (Å²) in [6.45, 7) is 10.3. The van der Waals surface area contributed by atoms with Gasteiger partial charge in [0.05, 0.1) is 12.1 Å². The first-order valence-electron chi connectivity index (χ1n) is 7.59. The maximum absolute atomic E-state index is 11.8. The van der Waals surface area contributed by atoms with Crippen molar-refractivity contribution < 1.29 is 23.8 Å². The summed E-state index contributed by atoms with van der Waals surface area (Å²) >= 11 is 0. The number of rotatable bonds is 7. The molecule has 130 valence electrons. The normalized spacial score (nSPS) is 13.0. The van der Waals surface area contributed by atoms with E-state index in [9.17, 15) is 9.59 Å². The summed E-state index contributed by atoms with van der Waals surface area (Å²) in [7, 11) is 0. The zero-order chi connectivity index (χ0) is 17.6. The monoisotopic (exact) mass is 326 g/mol. The van der Waals surface area contributed by atoms with Crippen LogP contribution >= 0.6 is 0 Å². The first-order chi connectivity index (χ1) is 10.6. The van der Waals surface area contributed by atoms with Crippen LogP contribution in [0.25, 0.3) is 0 Å². The number of furan rings is 1. The Kier molecular flexibility index (Phi) is 6.62. The molecule has 0 aliphatic heterocycles. The molecule has 0 aliphatic rings. The van der Waals surface area contributed by atoms with Crippen LogP contribution in [0.5, 0.6) is 0 Å². The zero-order valence-electron chi connectivity index (χ0n) is 14.3. The molecular formula is C16H26N2O5. The molecule has 1 rings (SSSR count). The summed E-state index contributed by atoms with van der Waals surface area (Å²) < 4.78 is 10.4. The van der Waals surface area contributed by atoms with Crippen molar-refractivity contribution >= 4 is 12.1 Å². The van der Waals surface area contributed by atoms with Gasteiger partial charge in [-0.1, -0.05) is 13.8 Å². The number of carbonyl (C=O) groups excluding carboxylic acids is 1. The van der Waals surface area contributed by atoms with E-state index in [1.54, 1.807) is 0 Å². The Labute approximate surface area is 136 Å². The summed E-state index contributed by atoms with van der Waals surface area (Å²) in [6.07, 6.45) is 0.752. The fourth-order valence-corrected chi connectivity index (χ4v) is 1.85. The molecule has 0 spiro atoms. The lowest BCUT2D eigenvalue weighted by atomic mass is 10.0. The Hall–Kier alpha value is -2.02. The number of amides is 1. The molecule has 7 nitrogen and oxygen atoms in total. The van der Waals surface area contributed by atoms with Crippen LogP contribution in [0.4, 0.5) is 4.79 Å². The minimum Gasteiger partial charge on any atom is -0.478 e. The molecule has 0 bridgehead atoms. The van der Waals surface area contributed by atoms with Crippen molar-refractivity contribution in [3.05, 3.63) is 23.7 Å². The fourth-order valence-electron chi connectivity index (χ4n) is 1.85. The van der Waals surface area contributed by atoms with Crippen molar-refractivity contribution in [2.24, 2.45) is 5.92 Å². The predicted molar refractivity (Wildman–Crippen MR) is 85.4 cm³/mol. The molecular weight excluding hydrogens is 300 g/mol. The van der Waals surface area contributed by atoms with E-state index in [2.05, 4.69) is 10.6 Å². The van der Waals surface area contributed by atoms with E-state index in [4.69, 9.17) is 14.3 Å². The predicted octanol–water partition coefficient (Wildman–Crippen LogP) is 2.62. The molecule has 0 saturated carbocycles. The van der Waals surface area contributed by atoms with E-state index in [-0.39, 0.29) is 17.5 Å². The van der Waals surface area contributed by atoms with E-state index in [1.807, 2.05) is 34.6 Å². The number of carboxylic acid groups (broad SMARTS) is 1. The second kappa shape index (κ2) is 8.01. The van der Waals surface area contributed by atoms with Gasteiger partial charge in [-0.3, -0.25) is 0 Å². The van der Waals surface area contributed by atoms with Crippen molar-refractivity contribution in [3.8, 4) is 0 Å². The van der Waals surface area contributed by atoms with Crippen molar-refractivity contribution in [1.29, 1.82) is 0 Å². The molecule has 0 radical (unpaired) electrons. The molecule has 1 unspecified atom stereocenters. The topological polar surface area (TPSA) is 101 Å². The quantitative estimate of drug-likeness (QED) is 0.712. The van der Waals surface area contributed by atoms with Crippen LogP contribution < -0.4 is 10.6 Å². The molecule has 1 heterocycles. The first kappa shape index (κ1) is 19.0. The van der Waals surface area contributed by atoms with Crippen LogP contribution in [0.15, 0.2) is 16.7 Å². The van der Waals surface area contributed by atoms with E-state index >= 15 is 0 Å². The molecule has 1 amide bonds. The molecule has 1 aromatic heterocycles. The maximum Gasteiger partial charge on any atom is 0.407 e. The van der Waals surface area contributed by atoms with Crippen molar-refractivity contribution in [2.75, 3.05) is 6.54 Å². The van der Waals surface area contributed by atoms with Gasteiger partial charge in [0.15, 0.2) is 0 Å². The molecule has 3 N–H and O–H groups in total. The fraction of sp³-hybridized carbons (Fsp3) is 0.625. The number of ether oxygens (including phenoxy) is 1. The molecule has 0 fully saturated rings. The average Bonchev–Trinajstić information content (AvgIpc) is 2.84. The second-order valence-corrected chi connectivity index (χ2v) is 6.73. The van der Waals surface area contributed by atoms with Crippen LogP contribution in [0, 0.1) is 5.92 Å². The molecule has 0 saturated heterocycles. The highest BCUT2D eigenvalue weighted by molar-refractivity contribution is 5.87. The Morgan fingerprint density at radius 2 is 2.00 bits per heavy atom. The first-order valence-corrected chi connectivity index (χ1v) is 7.59. The summed E-state index contributed by atoms with van der Waals surface area (Å²) in [5.74, 6) is -0.282. The van der Waals surface area contributed by atoms with E-state index < -0.39 is 17.7 Å². The Balaban J connectivity index is 2.46. The smallest absolute Gasteiger partial charge is 0.407 e. The summed E-state index contributed by atoms with van der Waals surface area (Å²) in [5, 5.41) is 14.8. The highest BCUT2D eigenvalue weighted by Gasteiger charge is 2.21. The van der Waals surface area contributed by atoms with E-state index in [1.165, 1.54) is 12.3 Å². The third-order valence-electron chi connectivity index (χ3n) is 3.07. The molecule has 1 aromatic rings. The van der Waals surface area contributed by atoms with Gasteiger partial charge in [0.2, 0.25) is 0 Å². The van der Waals surface area contributed by atoms with Crippen LogP contribution in [-0.2, 0) is 11.3 Å². The van der Waals surface area contributed by atoms with Gasteiger partial charge in [-0.05, 0) is 32.8 Å². The standard InChI is InChI=1S/C16H26N2O5/c1-10(2)13(18-15(21)23-16(3,4)5)8-17-7-12-6-11(9-22-12)14(19)20/h6,9-10,13,17H,7-8H2,1-5H3,(H,18,21)(H,19,20). The van der Waals surface area contributed by atoms with Gasteiger partial charge < -0.3 is 24.9 Å². The number of carboxylic acids is 1. The molecule has 0 aliphatic carbocycles. The van der Waals surface area contributed by atoms with Gasteiger partial charge in [-0.2, -0.15) is 0 Å². The minimum absolute atomic E-state index is 0.112. The number of aromatic carboxylic acids is 1. The lowest BCUT2D eigenvalue weighted by Gasteiger charge is -2.26. The molecule has 0 aromatic carbocycles. The largest absolute Gasteiger partial charge is 0.478 e. The summed E-state index contributed by atoms with van der Waals surface area (Å²) in [5.41, 5.74) is -0.422. The lowest BCUT2D eigenvalue weighted by Crippen LogP contribution is -2.46.